The number of amides is 2. The van der Waals surface area contributed by atoms with Crippen molar-refractivity contribution in [1.29, 1.82) is 0 Å². The quantitative estimate of drug-likeness (QED) is 0.585. The minimum absolute atomic E-state index is 0.0780. The minimum atomic E-state index is -0.429. The summed E-state index contributed by atoms with van der Waals surface area (Å²) in [5.74, 6) is -0.236. The number of nitrogens with one attached hydrogen (secondary N) is 2. The number of hydrogen-bond acceptors (Lipinski definition) is 8. The second-order valence-corrected chi connectivity index (χ2v) is 9.13. The third kappa shape index (κ3) is 4.82. The molecule has 0 radical (unpaired) electrons. The summed E-state index contributed by atoms with van der Waals surface area (Å²) < 4.78 is 14.2. The molecule has 2 amide bonds. The van der Waals surface area contributed by atoms with E-state index in [9.17, 15) is 14.0 Å². The lowest BCUT2D eigenvalue weighted by atomic mass is 10.1. The van der Waals surface area contributed by atoms with Gasteiger partial charge in [-0.1, -0.05) is 0 Å². The van der Waals surface area contributed by atoms with Crippen molar-refractivity contribution in [2.24, 2.45) is 5.92 Å². The Bertz CT molecular complexity index is 1170. The SMILES string of the molecule is CC(=O)NC[C@@H]1CCN(C(=O)c2nc(N[C@@H](C)c3cncc(F)c3)nc3nc(C)sc23)C1. The van der Waals surface area contributed by atoms with Gasteiger partial charge in [0.15, 0.2) is 11.3 Å². The average Bonchev–Trinajstić information content (AvgIpc) is 3.37. The standard InChI is InChI=1S/C21H24FN7O2S/c1-11(15-6-16(22)9-23-8-15)25-21-27-17(18-19(28-21)26-13(3)32-18)20(31)29-5-4-14(10-29)7-24-12(2)30/h6,8-9,11,14H,4-5,7,10H2,1-3H3,(H,24,30)(H,25,27,28)/t11-,14-/m0/s1. The first-order chi connectivity index (χ1) is 15.3. The maximum atomic E-state index is 13.5. The van der Waals surface area contributed by atoms with Gasteiger partial charge in [-0.15, -0.1) is 11.3 Å². The second kappa shape index (κ2) is 9.11. The molecule has 2 N–H and O–H groups in total. The summed E-state index contributed by atoms with van der Waals surface area (Å²) in [5, 5.41) is 6.73. The van der Waals surface area contributed by atoms with Crippen LogP contribution in [0.4, 0.5) is 10.3 Å². The van der Waals surface area contributed by atoms with Gasteiger partial charge in [-0.2, -0.15) is 4.98 Å². The fourth-order valence-corrected chi connectivity index (χ4v) is 4.54. The van der Waals surface area contributed by atoms with Crippen LogP contribution in [-0.4, -0.2) is 56.3 Å². The van der Waals surface area contributed by atoms with E-state index in [1.165, 1.54) is 24.3 Å². The molecule has 4 rings (SSSR count). The highest BCUT2D eigenvalue weighted by molar-refractivity contribution is 7.18. The van der Waals surface area contributed by atoms with Crippen molar-refractivity contribution in [3.05, 3.63) is 40.5 Å². The Kier molecular flexibility index (Phi) is 6.26. The zero-order valence-corrected chi connectivity index (χ0v) is 18.9. The highest BCUT2D eigenvalue weighted by atomic mass is 32.1. The number of carbonyl (C=O) groups excluding carboxylic acids is 2. The average molecular weight is 458 g/mol. The molecule has 1 aliphatic heterocycles. The molecule has 0 unspecified atom stereocenters. The van der Waals surface area contributed by atoms with Gasteiger partial charge in [-0.3, -0.25) is 14.6 Å². The molecule has 3 aromatic heterocycles. The zero-order valence-electron chi connectivity index (χ0n) is 18.1. The Morgan fingerprint density at radius 3 is 2.88 bits per heavy atom. The molecule has 0 aromatic carbocycles. The highest BCUT2D eigenvalue weighted by Crippen LogP contribution is 2.28. The molecular weight excluding hydrogens is 433 g/mol. The Labute approximate surface area is 188 Å². The molecule has 0 bridgehead atoms. The van der Waals surface area contributed by atoms with Gasteiger partial charge in [0.1, 0.15) is 10.5 Å². The number of pyridine rings is 1. The van der Waals surface area contributed by atoms with E-state index in [1.807, 2.05) is 13.8 Å². The number of hydrogen-bond donors (Lipinski definition) is 2. The number of thiazole rings is 1. The molecule has 4 heterocycles. The van der Waals surface area contributed by atoms with Crippen LogP contribution in [0, 0.1) is 18.7 Å². The van der Waals surface area contributed by atoms with E-state index in [4.69, 9.17) is 0 Å². The number of fused-ring (bicyclic) bond motifs is 1. The summed E-state index contributed by atoms with van der Waals surface area (Å²) in [6, 6.07) is 1.06. The molecule has 32 heavy (non-hydrogen) atoms. The van der Waals surface area contributed by atoms with E-state index in [2.05, 4.69) is 30.6 Å². The third-order valence-corrected chi connectivity index (χ3v) is 6.31. The van der Waals surface area contributed by atoms with Crippen LogP contribution in [0.15, 0.2) is 18.5 Å². The first-order valence-corrected chi connectivity index (χ1v) is 11.2. The van der Waals surface area contributed by atoms with Crippen LogP contribution in [0.1, 0.15) is 47.4 Å². The van der Waals surface area contributed by atoms with Gasteiger partial charge in [-0.25, -0.2) is 14.4 Å². The van der Waals surface area contributed by atoms with Gasteiger partial charge >= 0.3 is 0 Å². The number of likely N-dealkylation sites (tertiary alicyclic amines) is 1. The van der Waals surface area contributed by atoms with Gasteiger partial charge in [0.2, 0.25) is 11.9 Å². The predicted molar refractivity (Wildman–Crippen MR) is 119 cm³/mol. The van der Waals surface area contributed by atoms with Crippen LogP contribution in [0.2, 0.25) is 0 Å². The topological polar surface area (TPSA) is 113 Å². The Morgan fingerprint density at radius 2 is 2.12 bits per heavy atom. The van der Waals surface area contributed by atoms with Crippen molar-refractivity contribution in [2.75, 3.05) is 25.0 Å². The van der Waals surface area contributed by atoms with Gasteiger partial charge in [0.05, 0.1) is 17.2 Å². The second-order valence-electron chi connectivity index (χ2n) is 7.93. The van der Waals surface area contributed by atoms with E-state index < -0.39 is 5.82 Å². The van der Waals surface area contributed by atoms with E-state index in [1.54, 1.807) is 11.1 Å². The lowest BCUT2D eigenvalue weighted by Gasteiger charge is -2.18. The number of rotatable bonds is 6. The molecule has 1 aliphatic rings. The molecule has 3 aromatic rings. The molecule has 9 nitrogen and oxygen atoms in total. The molecule has 11 heteroatoms. The number of nitrogens with zero attached hydrogens (tertiary/aromatic N) is 5. The Morgan fingerprint density at radius 1 is 1.31 bits per heavy atom. The summed E-state index contributed by atoms with van der Waals surface area (Å²) in [4.78, 5) is 43.6. The van der Waals surface area contributed by atoms with Crippen molar-refractivity contribution in [2.45, 2.75) is 33.2 Å². The highest BCUT2D eigenvalue weighted by Gasteiger charge is 2.30. The first-order valence-electron chi connectivity index (χ1n) is 10.4. The smallest absolute Gasteiger partial charge is 0.274 e. The van der Waals surface area contributed by atoms with Gasteiger partial charge in [-0.05, 0) is 37.8 Å². The summed E-state index contributed by atoms with van der Waals surface area (Å²) in [6.07, 6.45) is 3.53. The van der Waals surface area contributed by atoms with Crippen LogP contribution in [0.3, 0.4) is 0 Å². The normalized spacial score (nSPS) is 16.9. The fraction of sp³-hybridized carbons (Fsp3) is 0.429. The number of halogens is 1. The summed E-state index contributed by atoms with van der Waals surface area (Å²) >= 11 is 1.38. The van der Waals surface area contributed by atoms with Gasteiger partial charge in [0.25, 0.3) is 5.91 Å². The van der Waals surface area contributed by atoms with E-state index in [0.717, 1.165) is 17.6 Å². The van der Waals surface area contributed by atoms with E-state index >= 15 is 0 Å². The molecule has 168 valence electrons. The molecule has 0 saturated carbocycles. The maximum absolute atomic E-state index is 13.5. The van der Waals surface area contributed by atoms with Gasteiger partial charge < -0.3 is 15.5 Å². The Balaban J connectivity index is 1.58. The molecule has 0 spiro atoms. The molecular formula is C21H24FN7O2S. The summed E-state index contributed by atoms with van der Waals surface area (Å²) in [6.45, 7) is 6.87. The molecule has 1 fully saturated rings. The van der Waals surface area contributed by atoms with Crippen LogP contribution < -0.4 is 10.6 Å². The molecule has 1 saturated heterocycles. The van der Waals surface area contributed by atoms with Crippen molar-refractivity contribution < 1.29 is 14.0 Å². The maximum Gasteiger partial charge on any atom is 0.274 e. The van der Waals surface area contributed by atoms with E-state index in [-0.39, 0.29) is 29.7 Å². The first kappa shape index (κ1) is 22.0. The fourth-order valence-electron chi connectivity index (χ4n) is 3.70. The van der Waals surface area contributed by atoms with Crippen molar-refractivity contribution >= 4 is 39.4 Å². The van der Waals surface area contributed by atoms with Crippen LogP contribution in [0.5, 0.6) is 0 Å². The summed E-state index contributed by atoms with van der Waals surface area (Å²) in [5.41, 5.74) is 1.39. The minimum Gasteiger partial charge on any atom is -0.356 e. The van der Waals surface area contributed by atoms with Gasteiger partial charge in [0, 0.05) is 32.8 Å². The number of aromatic nitrogens is 4. The molecule has 0 aliphatic carbocycles. The lowest BCUT2D eigenvalue weighted by Crippen LogP contribution is -2.32. The summed E-state index contributed by atoms with van der Waals surface area (Å²) in [7, 11) is 0. The van der Waals surface area contributed by atoms with E-state index in [0.29, 0.717) is 41.2 Å². The van der Waals surface area contributed by atoms with Crippen LogP contribution in [-0.2, 0) is 4.79 Å². The Hall–Kier alpha value is -3.21. The van der Waals surface area contributed by atoms with Crippen molar-refractivity contribution in [3.63, 3.8) is 0 Å². The lowest BCUT2D eigenvalue weighted by molar-refractivity contribution is -0.119. The predicted octanol–water partition coefficient (Wildman–Crippen LogP) is 2.70. The molecule has 2 atom stereocenters. The third-order valence-electron chi connectivity index (χ3n) is 5.35. The van der Waals surface area contributed by atoms with Crippen LogP contribution >= 0.6 is 11.3 Å². The number of anilines is 1. The largest absolute Gasteiger partial charge is 0.356 e. The monoisotopic (exact) mass is 457 g/mol. The number of carbonyl (C=O) groups is 2. The van der Waals surface area contributed by atoms with Crippen molar-refractivity contribution in [1.82, 2.24) is 30.2 Å². The zero-order chi connectivity index (χ0) is 22.8. The van der Waals surface area contributed by atoms with Crippen molar-refractivity contribution in [3.8, 4) is 0 Å². The number of aryl methyl sites for hydroxylation is 1. The van der Waals surface area contributed by atoms with Crippen LogP contribution in [0.25, 0.3) is 10.3 Å².